The molecule has 0 saturated carbocycles. The zero-order chi connectivity index (χ0) is 25.7. The highest BCUT2D eigenvalue weighted by atomic mass is 16.6. The minimum atomic E-state index is -1.38. The molecule has 0 unspecified atom stereocenters. The van der Waals surface area contributed by atoms with Gasteiger partial charge in [-0.25, -0.2) is 10.5 Å². The SMILES string of the molecule is O=C(N[C@H](C(=O)N/N=C/c1cc([N+](=O)[O-])ccc1O)c1n[nH]c(=O)c2ccccc12)c1ccccc1. The van der Waals surface area contributed by atoms with Gasteiger partial charge in [-0.05, 0) is 24.3 Å². The van der Waals surface area contributed by atoms with Crippen LogP contribution in [0.2, 0.25) is 0 Å². The number of nitro benzene ring substituents is 1. The van der Waals surface area contributed by atoms with Crippen LogP contribution in [0.4, 0.5) is 5.69 Å². The molecule has 4 rings (SSSR count). The van der Waals surface area contributed by atoms with Crippen LogP contribution in [0.15, 0.2) is 82.7 Å². The lowest BCUT2D eigenvalue weighted by atomic mass is 10.0. The van der Waals surface area contributed by atoms with Gasteiger partial charge in [-0.15, -0.1) is 0 Å². The number of hydrogen-bond donors (Lipinski definition) is 4. The summed E-state index contributed by atoms with van der Waals surface area (Å²) >= 11 is 0. The first-order valence-electron chi connectivity index (χ1n) is 10.5. The van der Waals surface area contributed by atoms with Crippen molar-refractivity contribution in [2.75, 3.05) is 0 Å². The van der Waals surface area contributed by atoms with Crippen LogP contribution in [0.3, 0.4) is 0 Å². The first-order chi connectivity index (χ1) is 17.3. The average molecular weight is 486 g/mol. The third-order valence-electron chi connectivity index (χ3n) is 5.17. The van der Waals surface area contributed by atoms with Crippen molar-refractivity contribution in [1.29, 1.82) is 0 Å². The molecule has 0 spiro atoms. The Morgan fingerprint density at radius 2 is 1.75 bits per heavy atom. The molecule has 4 aromatic rings. The molecule has 0 aliphatic heterocycles. The van der Waals surface area contributed by atoms with Gasteiger partial charge in [0.2, 0.25) is 0 Å². The number of rotatable bonds is 7. The summed E-state index contributed by atoms with van der Waals surface area (Å²) in [6, 6.07) is 16.6. The summed E-state index contributed by atoms with van der Waals surface area (Å²) < 4.78 is 0. The summed E-state index contributed by atoms with van der Waals surface area (Å²) in [4.78, 5) is 48.5. The third-order valence-corrected chi connectivity index (χ3v) is 5.17. The van der Waals surface area contributed by atoms with Crippen molar-refractivity contribution >= 4 is 34.5 Å². The van der Waals surface area contributed by atoms with Crippen LogP contribution in [-0.4, -0.2) is 38.3 Å². The number of aromatic hydroxyl groups is 1. The van der Waals surface area contributed by atoms with Crippen molar-refractivity contribution in [1.82, 2.24) is 20.9 Å². The van der Waals surface area contributed by atoms with Crippen molar-refractivity contribution < 1.29 is 19.6 Å². The van der Waals surface area contributed by atoms with Crippen molar-refractivity contribution in [3.05, 3.63) is 110 Å². The number of H-pyrrole nitrogens is 1. The molecular formula is C24H18N6O6. The molecule has 2 amide bonds. The maximum atomic E-state index is 13.1. The molecule has 0 bridgehead atoms. The van der Waals surface area contributed by atoms with Gasteiger partial charge in [0.05, 0.1) is 16.5 Å². The van der Waals surface area contributed by atoms with Crippen LogP contribution in [0.25, 0.3) is 10.8 Å². The molecule has 1 atom stereocenters. The van der Waals surface area contributed by atoms with E-state index in [4.69, 9.17) is 0 Å². The van der Waals surface area contributed by atoms with Crippen molar-refractivity contribution in [2.24, 2.45) is 5.10 Å². The summed E-state index contributed by atoms with van der Waals surface area (Å²) in [6.45, 7) is 0. The summed E-state index contributed by atoms with van der Waals surface area (Å²) in [7, 11) is 0. The van der Waals surface area contributed by atoms with Crippen LogP contribution in [0, 0.1) is 10.1 Å². The molecule has 3 aromatic carbocycles. The van der Waals surface area contributed by atoms with Crippen LogP contribution in [0.1, 0.15) is 27.7 Å². The van der Waals surface area contributed by atoms with E-state index in [-0.39, 0.29) is 33.6 Å². The Bertz CT molecular complexity index is 1550. The standard InChI is InChI=1S/C24H18N6O6/c31-19-11-10-16(30(35)36)12-15(19)13-25-28-24(34)21(26-22(32)14-6-2-1-3-7-14)20-17-8-4-5-9-18(17)23(33)29-27-20/h1-13,21,31H,(H,26,32)(H,28,34)(H,29,33)/b25-13+/t21-/m0/s1. The fourth-order valence-electron chi connectivity index (χ4n) is 3.41. The van der Waals surface area contributed by atoms with E-state index in [1.54, 1.807) is 54.6 Å². The monoisotopic (exact) mass is 486 g/mol. The molecule has 36 heavy (non-hydrogen) atoms. The number of nitrogens with one attached hydrogen (secondary N) is 3. The lowest BCUT2D eigenvalue weighted by molar-refractivity contribution is -0.384. The highest BCUT2D eigenvalue weighted by molar-refractivity contribution is 5.99. The molecule has 0 radical (unpaired) electrons. The third kappa shape index (κ3) is 5.07. The van der Waals surface area contributed by atoms with E-state index < -0.39 is 28.3 Å². The Labute approximate surface area is 202 Å². The van der Waals surface area contributed by atoms with Gasteiger partial charge in [-0.2, -0.15) is 10.2 Å². The predicted octanol–water partition coefficient (Wildman–Crippen LogP) is 2.16. The fraction of sp³-hybridized carbons (Fsp3) is 0.0417. The van der Waals surface area contributed by atoms with E-state index in [9.17, 15) is 29.6 Å². The van der Waals surface area contributed by atoms with Crippen LogP contribution < -0.4 is 16.3 Å². The number of hydrazone groups is 1. The Morgan fingerprint density at radius 3 is 2.47 bits per heavy atom. The fourth-order valence-corrected chi connectivity index (χ4v) is 3.41. The van der Waals surface area contributed by atoms with E-state index in [0.29, 0.717) is 5.39 Å². The Kier molecular flexibility index (Phi) is 6.77. The van der Waals surface area contributed by atoms with Gasteiger partial charge in [-0.1, -0.05) is 36.4 Å². The van der Waals surface area contributed by atoms with Crippen molar-refractivity contribution in [3.63, 3.8) is 0 Å². The molecule has 1 aromatic heterocycles. The Morgan fingerprint density at radius 1 is 1.06 bits per heavy atom. The number of amides is 2. The average Bonchev–Trinajstić information content (AvgIpc) is 2.89. The number of carbonyl (C=O) groups is 2. The minimum Gasteiger partial charge on any atom is -0.507 e. The van der Waals surface area contributed by atoms with Gasteiger partial charge in [0.25, 0.3) is 23.1 Å². The lowest BCUT2D eigenvalue weighted by Gasteiger charge is -2.18. The molecule has 12 nitrogen and oxygen atoms in total. The van der Waals surface area contributed by atoms with Gasteiger partial charge in [-0.3, -0.25) is 24.5 Å². The maximum Gasteiger partial charge on any atom is 0.272 e. The largest absolute Gasteiger partial charge is 0.507 e. The predicted molar refractivity (Wildman–Crippen MR) is 130 cm³/mol. The highest BCUT2D eigenvalue weighted by Crippen LogP contribution is 2.22. The summed E-state index contributed by atoms with van der Waals surface area (Å²) in [5.74, 6) is -1.68. The second kappa shape index (κ2) is 10.3. The number of benzene rings is 3. The Hall–Kier alpha value is -5.39. The van der Waals surface area contributed by atoms with E-state index in [1.807, 2.05) is 0 Å². The lowest BCUT2D eigenvalue weighted by Crippen LogP contribution is -2.40. The van der Waals surface area contributed by atoms with E-state index in [0.717, 1.165) is 24.4 Å². The molecule has 0 fully saturated rings. The molecule has 1 heterocycles. The van der Waals surface area contributed by atoms with Gasteiger partial charge < -0.3 is 10.4 Å². The Balaban J connectivity index is 1.67. The quantitative estimate of drug-likeness (QED) is 0.175. The summed E-state index contributed by atoms with van der Waals surface area (Å²) in [6.07, 6.45) is 1.02. The summed E-state index contributed by atoms with van der Waals surface area (Å²) in [5.41, 5.74) is 1.84. The van der Waals surface area contributed by atoms with Gasteiger partial charge >= 0.3 is 0 Å². The molecule has 12 heteroatoms. The van der Waals surface area contributed by atoms with Gasteiger partial charge in [0.1, 0.15) is 11.4 Å². The topological polar surface area (TPSA) is 180 Å². The number of nitrogens with zero attached hydrogens (tertiary/aromatic N) is 3. The number of phenolic OH excluding ortho intramolecular Hbond substituents is 1. The molecule has 0 aliphatic carbocycles. The van der Waals surface area contributed by atoms with Crippen LogP contribution >= 0.6 is 0 Å². The number of aromatic amines is 1. The second-order valence-electron chi connectivity index (χ2n) is 7.49. The molecule has 180 valence electrons. The van der Waals surface area contributed by atoms with E-state index >= 15 is 0 Å². The molecule has 0 aliphatic rings. The number of carbonyl (C=O) groups excluding carboxylic acids is 2. The number of aromatic nitrogens is 2. The molecule has 4 N–H and O–H groups in total. The highest BCUT2D eigenvalue weighted by Gasteiger charge is 2.27. The second-order valence-corrected chi connectivity index (χ2v) is 7.49. The van der Waals surface area contributed by atoms with Crippen LogP contribution in [-0.2, 0) is 4.79 Å². The zero-order valence-electron chi connectivity index (χ0n) is 18.4. The van der Waals surface area contributed by atoms with Gasteiger partial charge in [0, 0.05) is 28.6 Å². The smallest absolute Gasteiger partial charge is 0.272 e. The minimum absolute atomic E-state index is 0.0120. The molecular weight excluding hydrogens is 468 g/mol. The maximum absolute atomic E-state index is 13.1. The number of phenols is 1. The zero-order valence-corrected chi connectivity index (χ0v) is 18.4. The first-order valence-corrected chi connectivity index (χ1v) is 10.5. The molecule has 0 saturated heterocycles. The number of hydrogen-bond acceptors (Lipinski definition) is 8. The number of nitro groups is 1. The van der Waals surface area contributed by atoms with Gasteiger partial charge in [0.15, 0.2) is 6.04 Å². The van der Waals surface area contributed by atoms with Crippen molar-refractivity contribution in [2.45, 2.75) is 6.04 Å². The van der Waals surface area contributed by atoms with E-state index in [1.165, 1.54) is 0 Å². The summed E-state index contributed by atoms with van der Waals surface area (Å²) in [5, 5.41) is 34.2. The van der Waals surface area contributed by atoms with Crippen molar-refractivity contribution in [3.8, 4) is 5.75 Å². The first kappa shape index (κ1) is 23.8. The number of non-ortho nitro benzene ring substituents is 1. The van der Waals surface area contributed by atoms with Crippen LogP contribution in [0.5, 0.6) is 5.75 Å². The normalized spacial score (nSPS) is 11.8. The van der Waals surface area contributed by atoms with E-state index in [2.05, 4.69) is 26.0 Å². The number of fused-ring (bicyclic) bond motifs is 1.